The number of likely N-dealkylation sites (tertiary alicyclic amines) is 2. The fourth-order valence-corrected chi connectivity index (χ4v) is 4.64. The zero-order valence-corrected chi connectivity index (χ0v) is 23.2. The molecule has 9 heteroatoms. The third-order valence-corrected chi connectivity index (χ3v) is 6.87. The van der Waals surface area contributed by atoms with Gasteiger partial charge in [0.1, 0.15) is 11.2 Å². The molecule has 0 radical (unpaired) electrons. The van der Waals surface area contributed by atoms with Crippen LogP contribution in [0.4, 0.5) is 9.59 Å². The second-order valence-corrected chi connectivity index (χ2v) is 12.4. The van der Waals surface area contributed by atoms with E-state index in [0.29, 0.717) is 11.8 Å². The van der Waals surface area contributed by atoms with Crippen molar-refractivity contribution in [3.8, 4) is 0 Å². The van der Waals surface area contributed by atoms with Gasteiger partial charge in [0.15, 0.2) is 5.12 Å². The Balaban J connectivity index is 0.000000335. The second kappa shape index (κ2) is 13.7. The molecule has 192 valence electrons. The summed E-state index contributed by atoms with van der Waals surface area (Å²) in [6.07, 6.45) is 3.60. The molecular weight excluding hydrogens is 460 g/mol. The maximum Gasteiger partial charge on any atom is 0.410 e. The average Bonchev–Trinajstić information content (AvgIpc) is 2.70. The summed E-state index contributed by atoms with van der Waals surface area (Å²) in [7, 11) is 0. The van der Waals surface area contributed by atoms with Gasteiger partial charge in [0, 0.05) is 38.9 Å². The molecule has 33 heavy (non-hydrogen) atoms. The lowest BCUT2D eigenvalue weighted by molar-refractivity contribution is -0.109. The molecule has 7 nitrogen and oxygen atoms in total. The fraction of sp³-hybridized carbons (Fsp3) is 0.875. The number of amides is 2. The van der Waals surface area contributed by atoms with Crippen molar-refractivity contribution >= 4 is 41.7 Å². The summed E-state index contributed by atoms with van der Waals surface area (Å²) >= 11 is 5.66. The summed E-state index contributed by atoms with van der Waals surface area (Å²) in [5, 5.41) is 0.171. The molecule has 0 N–H and O–H groups in total. The molecule has 2 amide bonds. The van der Waals surface area contributed by atoms with E-state index < -0.39 is 11.2 Å². The highest BCUT2D eigenvalue weighted by Crippen LogP contribution is 2.23. The molecule has 2 heterocycles. The average molecular weight is 505 g/mol. The molecule has 2 saturated heterocycles. The summed E-state index contributed by atoms with van der Waals surface area (Å²) in [6, 6.07) is 0. The number of piperidine rings is 2. The molecule has 2 fully saturated rings. The smallest absolute Gasteiger partial charge is 0.410 e. The third-order valence-electron chi connectivity index (χ3n) is 5.31. The Kier molecular flexibility index (Phi) is 12.4. The molecule has 2 aliphatic rings. The Labute approximate surface area is 210 Å². The van der Waals surface area contributed by atoms with Crippen molar-refractivity contribution in [1.29, 1.82) is 0 Å². The highest BCUT2D eigenvalue weighted by atomic mass is 32.2. The first-order chi connectivity index (χ1) is 15.2. The Morgan fingerprint density at radius 1 is 0.788 bits per heavy atom. The fourth-order valence-electron chi connectivity index (χ4n) is 3.47. The SMILES string of the molecule is CC(=O)SCC1CCN(C(=O)OC(C)(C)C)CC1.CC(C)(C)OC(=O)N1CCC(CS)CC1. The van der Waals surface area contributed by atoms with Crippen LogP contribution in [0.5, 0.6) is 0 Å². The first-order valence-corrected chi connectivity index (χ1v) is 13.5. The summed E-state index contributed by atoms with van der Waals surface area (Å²) < 4.78 is 10.7. The highest BCUT2D eigenvalue weighted by Gasteiger charge is 2.27. The van der Waals surface area contributed by atoms with Crippen LogP contribution < -0.4 is 0 Å². The second-order valence-electron chi connectivity index (χ2n) is 10.8. The minimum absolute atomic E-state index is 0.171. The van der Waals surface area contributed by atoms with Crippen LogP contribution in [0.15, 0.2) is 0 Å². The van der Waals surface area contributed by atoms with Crippen LogP contribution in [0.25, 0.3) is 0 Å². The quantitative estimate of drug-likeness (QED) is 0.513. The minimum atomic E-state index is -0.432. The monoisotopic (exact) mass is 504 g/mol. The number of carbonyl (C=O) groups is 3. The van der Waals surface area contributed by atoms with E-state index >= 15 is 0 Å². The van der Waals surface area contributed by atoms with Crippen LogP contribution in [-0.2, 0) is 14.3 Å². The van der Waals surface area contributed by atoms with Crippen molar-refractivity contribution in [3.63, 3.8) is 0 Å². The zero-order valence-electron chi connectivity index (χ0n) is 21.5. The van der Waals surface area contributed by atoms with Crippen LogP contribution in [-0.4, -0.2) is 76.0 Å². The van der Waals surface area contributed by atoms with Gasteiger partial charge < -0.3 is 19.3 Å². The Hall–Kier alpha value is -1.09. The molecular formula is C24H44N2O5S2. The Bertz CT molecular complexity index is 630. The first kappa shape index (κ1) is 29.9. The number of thiol groups is 1. The van der Waals surface area contributed by atoms with Gasteiger partial charge in [-0.1, -0.05) is 11.8 Å². The lowest BCUT2D eigenvalue weighted by Crippen LogP contribution is -2.42. The highest BCUT2D eigenvalue weighted by molar-refractivity contribution is 8.13. The molecule has 0 atom stereocenters. The summed E-state index contributed by atoms with van der Waals surface area (Å²) in [4.78, 5) is 38.0. The molecule has 0 unspecified atom stereocenters. The Morgan fingerprint density at radius 3 is 1.45 bits per heavy atom. The first-order valence-electron chi connectivity index (χ1n) is 11.9. The van der Waals surface area contributed by atoms with Gasteiger partial charge in [0.25, 0.3) is 0 Å². The largest absolute Gasteiger partial charge is 0.444 e. The zero-order chi connectivity index (χ0) is 25.2. The van der Waals surface area contributed by atoms with Gasteiger partial charge >= 0.3 is 12.2 Å². The normalized spacial score (nSPS) is 18.3. The molecule has 0 spiro atoms. The molecule has 0 aliphatic carbocycles. The van der Waals surface area contributed by atoms with Gasteiger partial charge in [0.05, 0.1) is 0 Å². The lowest BCUT2D eigenvalue weighted by atomic mass is 9.99. The van der Waals surface area contributed by atoms with Crippen LogP contribution in [0, 0.1) is 11.8 Å². The molecule has 0 aromatic carbocycles. The molecule has 0 bridgehead atoms. The van der Waals surface area contributed by atoms with Crippen molar-refractivity contribution in [2.45, 2.75) is 85.4 Å². The van der Waals surface area contributed by atoms with E-state index in [1.807, 2.05) is 41.5 Å². The molecule has 0 saturated carbocycles. The van der Waals surface area contributed by atoms with Crippen LogP contribution >= 0.6 is 24.4 Å². The van der Waals surface area contributed by atoms with E-state index in [9.17, 15) is 14.4 Å². The summed E-state index contributed by atoms with van der Waals surface area (Å²) in [6.45, 7) is 16.0. The molecule has 0 aromatic rings. The maximum absolute atomic E-state index is 11.8. The van der Waals surface area contributed by atoms with E-state index in [-0.39, 0.29) is 17.3 Å². The van der Waals surface area contributed by atoms with E-state index in [4.69, 9.17) is 9.47 Å². The number of ether oxygens (including phenoxy) is 2. The maximum atomic E-state index is 11.8. The molecule has 0 aromatic heterocycles. The number of thioether (sulfide) groups is 1. The lowest BCUT2D eigenvalue weighted by Gasteiger charge is -2.33. The summed E-state index contributed by atoms with van der Waals surface area (Å²) in [5.41, 5.74) is -0.824. The molecule has 2 rings (SSSR count). The standard InChI is InChI=1S/C13H23NO3S.C11H21NO2S/c1-10(15)18-9-11-5-7-14(8-6-11)12(16)17-13(2,3)4;1-11(2,3)14-10(13)12-6-4-9(8-15)5-7-12/h11H,5-9H2,1-4H3;9,15H,4-8H2,1-3H3. The van der Waals surface area contributed by atoms with Crippen molar-refractivity contribution < 1.29 is 23.9 Å². The van der Waals surface area contributed by atoms with Crippen molar-refractivity contribution in [2.75, 3.05) is 37.7 Å². The van der Waals surface area contributed by atoms with Crippen LogP contribution in [0.1, 0.15) is 74.1 Å². The Morgan fingerprint density at radius 2 is 1.15 bits per heavy atom. The van der Waals surface area contributed by atoms with Gasteiger partial charge in [-0.25, -0.2) is 9.59 Å². The third kappa shape index (κ3) is 13.4. The number of nitrogens with zero attached hydrogens (tertiary/aromatic N) is 2. The number of carbonyl (C=O) groups excluding carboxylic acids is 3. The van der Waals surface area contributed by atoms with E-state index in [2.05, 4.69) is 12.6 Å². The predicted molar refractivity (Wildman–Crippen MR) is 138 cm³/mol. The molecule has 2 aliphatic heterocycles. The summed E-state index contributed by atoms with van der Waals surface area (Å²) in [5.74, 6) is 2.99. The number of hydrogen-bond acceptors (Lipinski definition) is 7. The van der Waals surface area contributed by atoms with E-state index in [0.717, 1.165) is 63.4 Å². The van der Waals surface area contributed by atoms with Gasteiger partial charge in [-0.15, -0.1) is 0 Å². The minimum Gasteiger partial charge on any atom is -0.444 e. The number of rotatable bonds is 3. The van der Waals surface area contributed by atoms with E-state index in [1.165, 1.54) is 11.8 Å². The van der Waals surface area contributed by atoms with Crippen LogP contribution in [0.3, 0.4) is 0 Å². The van der Waals surface area contributed by atoms with Gasteiger partial charge in [-0.05, 0) is 84.8 Å². The van der Waals surface area contributed by atoms with Crippen molar-refractivity contribution in [1.82, 2.24) is 9.80 Å². The van der Waals surface area contributed by atoms with Gasteiger partial charge in [0.2, 0.25) is 0 Å². The van der Waals surface area contributed by atoms with Crippen molar-refractivity contribution in [3.05, 3.63) is 0 Å². The predicted octanol–water partition coefficient (Wildman–Crippen LogP) is 5.48. The van der Waals surface area contributed by atoms with Crippen LogP contribution in [0.2, 0.25) is 0 Å². The van der Waals surface area contributed by atoms with Gasteiger partial charge in [-0.3, -0.25) is 4.79 Å². The number of hydrogen-bond donors (Lipinski definition) is 1. The van der Waals surface area contributed by atoms with Gasteiger partial charge in [-0.2, -0.15) is 12.6 Å². The topological polar surface area (TPSA) is 76.1 Å². The van der Waals surface area contributed by atoms with Crippen molar-refractivity contribution in [2.24, 2.45) is 11.8 Å². The van der Waals surface area contributed by atoms with E-state index in [1.54, 1.807) is 16.7 Å².